The Morgan fingerprint density at radius 2 is 1.72 bits per heavy atom. The number of aromatic amines is 1. The van der Waals surface area contributed by atoms with Gasteiger partial charge in [0.1, 0.15) is 34.5 Å². The zero-order valence-corrected chi connectivity index (χ0v) is 17.5. The van der Waals surface area contributed by atoms with Crippen LogP contribution in [0.15, 0.2) is 51.7 Å². The summed E-state index contributed by atoms with van der Waals surface area (Å²) in [4.78, 5) is 19.8. The number of H-pyrrole nitrogens is 1. The molecule has 0 radical (unpaired) electrons. The van der Waals surface area contributed by atoms with Crippen LogP contribution in [0.1, 0.15) is 5.76 Å². The molecule has 0 aliphatic heterocycles. The molecule has 0 spiro atoms. The van der Waals surface area contributed by atoms with Crippen molar-refractivity contribution < 1.29 is 29.2 Å². The molecular weight excluding hydrogens is 416 g/mol. The molecule has 4 aromatic rings. The highest BCUT2D eigenvalue weighted by atomic mass is 16.5. The number of hydrogen-bond donors (Lipinski definition) is 4. The summed E-state index contributed by atoms with van der Waals surface area (Å²) in [5, 5.41) is 30.8. The molecular formula is C23H20N2O7. The van der Waals surface area contributed by atoms with Crippen molar-refractivity contribution in [1.82, 2.24) is 9.97 Å². The third-order valence-corrected chi connectivity index (χ3v) is 4.89. The number of ether oxygens (including phenoxy) is 2. The van der Waals surface area contributed by atoms with Crippen LogP contribution in [-0.4, -0.2) is 39.5 Å². The fraction of sp³-hybridized carbons (Fsp3) is 0.130. The van der Waals surface area contributed by atoms with Crippen LogP contribution >= 0.6 is 0 Å². The topological polar surface area (TPSA) is 138 Å². The minimum Gasteiger partial charge on any atom is -0.507 e. The minimum absolute atomic E-state index is 0.0594. The molecule has 9 heteroatoms. The van der Waals surface area contributed by atoms with Crippen molar-refractivity contribution in [2.75, 3.05) is 14.2 Å². The number of phenolic OH excluding ortho intramolecular Hbond substituents is 2. The van der Waals surface area contributed by atoms with Crippen LogP contribution in [0.25, 0.3) is 34.1 Å². The first-order valence-electron chi connectivity index (χ1n) is 9.51. The number of rotatable bonds is 5. The maximum atomic E-state index is 12.2. The van der Waals surface area contributed by atoms with Crippen LogP contribution in [0.5, 0.6) is 28.7 Å². The van der Waals surface area contributed by atoms with Crippen molar-refractivity contribution in [3.8, 4) is 62.8 Å². The van der Waals surface area contributed by atoms with Gasteiger partial charge >= 0.3 is 0 Å². The van der Waals surface area contributed by atoms with E-state index in [0.29, 0.717) is 22.6 Å². The first-order chi connectivity index (χ1) is 15.3. The molecule has 0 saturated heterocycles. The Hall–Kier alpha value is -4.40. The molecule has 2 aromatic heterocycles. The lowest BCUT2D eigenvalue weighted by Gasteiger charge is -2.08. The van der Waals surface area contributed by atoms with Crippen LogP contribution in [0.4, 0.5) is 0 Å². The molecule has 2 heterocycles. The van der Waals surface area contributed by atoms with Gasteiger partial charge in [0.25, 0.3) is 0 Å². The second kappa shape index (κ2) is 8.03. The van der Waals surface area contributed by atoms with Gasteiger partial charge in [-0.3, -0.25) is 4.79 Å². The van der Waals surface area contributed by atoms with Gasteiger partial charge in [0.2, 0.25) is 11.2 Å². The SMILES string of the molecule is COc1ccc(O)c(-c2nc(-c3ccc(O)c(OC)c3)c(-c3oc(C)cc(=O)c3O)[nH]2)c1. The van der Waals surface area contributed by atoms with Gasteiger partial charge in [-0.15, -0.1) is 0 Å². The Bertz CT molecular complexity index is 1370. The molecule has 164 valence electrons. The van der Waals surface area contributed by atoms with Gasteiger partial charge < -0.3 is 34.2 Å². The lowest BCUT2D eigenvalue weighted by Crippen LogP contribution is -2.01. The standard InChI is InChI=1S/C23H20N2O7/c1-11-8-17(28)21(29)22(32-11)20-19(12-4-6-16(27)18(9-12)31-3)24-23(25-20)14-10-13(30-2)5-7-15(14)26/h4-10,26-27,29H,1-3H3,(H,24,25). The summed E-state index contributed by atoms with van der Waals surface area (Å²) in [7, 11) is 2.91. The number of aryl methyl sites for hydroxylation is 1. The molecule has 2 aromatic carbocycles. The van der Waals surface area contributed by atoms with Gasteiger partial charge in [0.15, 0.2) is 17.3 Å². The van der Waals surface area contributed by atoms with Gasteiger partial charge in [0, 0.05) is 11.6 Å². The molecule has 0 bridgehead atoms. The number of methoxy groups -OCH3 is 2. The van der Waals surface area contributed by atoms with Crippen LogP contribution < -0.4 is 14.9 Å². The Kier molecular flexibility index (Phi) is 5.23. The normalized spacial score (nSPS) is 10.8. The van der Waals surface area contributed by atoms with E-state index in [1.54, 1.807) is 31.2 Å². The summed E-state index contributed by atoms with van der Waals surface area (Å²) in [6.07, 6.45) is 0. The summed E-state index contributed by atoms with van der Waals surface area (Å²) in [5.74, 6) is 0.399. The molecule has 0 aliphatic carbocycles. The Balaban J connectivity index is 2.02. The molecule has 0 fully saturated rings. The van der Waals surface area contributed by atoms with E-state index in [-0.39, 0.29) is 40.3 Å². The van der Waals surface area contributed by atoms with Crippen molar-refractivity contribution in [1.29, 1.82) is 0 Å². The average Bonchev–Trinajstić information content (AvgIpc) is 3.22. The molecule has 9 nitrogen and oxygen atoms in total. The van der Waals surface area contributed by atoms with E-state index < -0.39 is 11.2 Å². The molecule has 0 saturated carbocycles. The lowest BCUT2D eigenvalue weighted by atomic mass is 10.1. The van der Waals surface area contributed by atoms with Gasteiger partial charge in [-0.25, -0.2) is 4.98 Å². The smallest absolute Gasteiger partial charge is 0.227 e. The summed E-state index contributed by atoms with van der Waals surface area (Å²) in [6, 6.07) is 10.4. The Morgan fingerprint density at radius 1 is 0.969 bits per heavy atom. The molecule has 0 aliphatic rings. The maximum Gasteiger partial charge on any atom is 0.227 e. The van der Waals surface area contributed by atoms with E-state index in [9.17, 15) is 20.1 Å². The van der Waals surface area contributed by atoms with E-state index in [1.807, 2.05) is 0 Å². The number of aromatic nitrogens is 2. The van der Waals surface area contributed by atoms with Crippen LogP contribution in [0.2, 0.25) is 0 Å². The molecule has 0 unspecified atom stereocenters. The minimum atomic E-state index is -0.613. The zero-order chi connectivity index (χ0) is 23.0. The summed E-state index contributed by atoms with van der Waals surface area (Å²) >= 11 is 0. The van der Waals surface area contributed by atoms with E-state index in [2.05, 4.69) is 9.97 Å². The van der Waals surface area contributed by atoms with Gasteiger partial charge in [0.05, 0.1) is 19.8 Å². The van der Waals surface area contributed by atoms with Gasteiger partial charge in [-0.1, -0.05) is 0 Å². The monoisotopic (exact) mass is 436 g/mol. The fourth-order valence-electron chi connectivity index (χ4n) is 3.30. The summed E-state index contributed by atoms with van der Waals surface area (Å²) < 4.78 is 16.1. The number of nitrogens with one attached hydrogen (secondary N) is 1. The number of phenols is 2. The summed E-state index contributed by atoms with van der Waals surface area (Å²) in [6.45, 7) is 1.58. The second-order valence-corrected chi connectivity index (χ2v) is 6.98. The zero-order valence-electron chi connectivity index (χ0n) is 17.5. The third kappa shape index (κ3) is 3.60. The first kappa shape index (κ1) is 20.9. The molecule has 0 amide bonds. The second-order valence-electron chi connectivity index (χ2n) is 6.98. The maximum absolute atomic E-state index is 12.2. The van der Waals surface area contributed by atoms with E-state index >= 15 is 0 Å². The van der Waals surface area contributed by atoms with Gasteiger partial charge in [-0.05, 0) is 43.3 Å². The predicted molar refractivity (Wildman–Crippen MR) is 116 cm³/mol. The van der Waals surface area contributed by atoms with Crippen molar-refractivity contribution >= 4 is 0 Å². The van der Waals surface area contributed by atoms with Crippen molar-refractivity contribution in [2.24, 2.45) is 0 Å². The molecule has 32 heavy (non-hydrogen) atoms. The molecule has 4 N–H and O–H groups in total. The third-order valence-electron chi connectivity index (χ3n) is 4.89. The highest BCUT2D eigenvalue weighted by molar-refractivity contribution is 5.83. The number of aromatic hydroxyl groups is 3. The van der Waals surface area contributed by atoms with Crippen molar-refractivity contribution in [2.45, 2.75) is 6.92 Å². The number of imidazole rings is 1. The van der Waals surface area contributed by atoms with Crippen LogP contribution in [-0.2, 0) is 0 Å². The van der Waals surface area contributed by atoms with E-state index in [1.165, 1.54) is 32.4 Å². The van der Waals surface area contributed by atoms with Crippen LogP contribution in [0, 0.1) is 6.92 Å². The Labute approximate surface area is 182 Å². The number of benzene rings is 2. The summed E-state index contributed by atoms with van der Waals surface area (Å²) in [5.41, 5.74) is 0.719. The quantitative estimate of drug-likeness (QED) is 0.371. The van der Waals surface area contributed by atoms with E-state index in [0.717, 1.165) is 0 Å². The Morgan fingerprint density at radius 3 is 2.44 bits per heavy atom. The molecule has 0 atom stereocenters. The highest BCUT2D eigenvalue weighted by Gasteiger charge is 2.23. The van der Waals surface area contributed by atoms with Crippen molar-refractivity contribution in [3.05, 3.63) is 58.4 Å². The first-order valence-corrected chi connectivity index (χ1v) is 9.51. The number of nitrogens with zero attached hydrogens (tertiary/aromatic N) is 1. The van der Waals surface area contributed by atoms with Crippen molar-refractivity contribution in [3.63, 3.8) is 0 Å². The van der Waals surface area contributed by atoms with E-state index in [4.69, 9.17) is 13.9 Å². The fourth-order valence-corrected chi connectivity index (χ4v) is 3.30. The average molecular weight is 436 g/mol. The predicted octanol–water partition coefficient (Wildman–Crippen LogP) is 3.81. The largest absolute Gasteiger partial charge is 0.507 e. The highest BCUT2D eigenvalue weighted by Crippen LogP contribution is 2.40. The van der Waals surface area contributed by atoms with Crippen LogP contribution in [0.3, 0.4) is 0 Å². The number of hydrogen-bond acceptors (Lipinski definition) is 8. The van der Waals surface area contributed by atoms with Gasteiger partial charge in [-0.2, -0.15) is 0 Å². The molecule has 4 rings (SSSR count). The lowest BCUT2D eigenvalue weighted by molar-refractivity contribution is 0.373.